The van der Waals surface area contributed by atoms with Crippen LogP contribution >= 0.6 is 0 Å². The van der Waals surface area contributed by atoms with Crippen molar-refractivity contribution in [3.8, 4) is 5.75 Å². The van der Waals surface area contributed by atoms with E-state index >= 15 is 0 Å². The first-order valence-electron chi connectivity index (χ1n) is 9.60. The number of hydrogen-bond acceptors (Lipinski definition) is 5. The molecule has 3 aromatic rings. The Kier molecular flexibility index (Phi) is 5.69. The predicted molar refractivity (Wildman–Crippen MR) is 109 cm³/mol. The maximum Gasteiger partial charge on any atom is 0.409 e. The Morgan fingerprint density at radius 2 is 2.17 bits per heavy atom. The van der Waals surface area contributed by atoms with Gasteiger partial charge in [0.25, 0.3) is 0 Å². The van der Waals surface area contributed by atoms with Crippen LogP contribution in [0.25, 0.3) is 0 Å². The first-order chi connectivity index (χ1) is 14.5. The molecule has 0 aliphatic carbocycles. The third-order valence-corrected chi connectivity index (χ3v) is 4.81. The lowest BCUT2D eigenvalue weighted by Crippen LogP contribution is -2.34. The van der Waals surface area contributed by atoms with Crippen LogP contribution in [0.3, 0.4) is 0 Å². The van der Waals surface area contributed by atoms with Gasteiger partial charge in [0.2, 0.25) is 5.79 Å². The SMILES string of the molecule is Cc1cccc(C2(Cn3ccnc3)OCC(COc3ccc(NC(=O)O)cc3)O2)c1. The third kappa shape index (κ3) is 4.61. The molecule has 2 atom stereocenters. The number of carbonyl (C=O) groups is 1. The lowest BCUT2D eigenvalue weighted by Gasteiger charge is -2.29. The van der Waals surface area contributed by atoms with E-state index in [1.54, 1.807) is 36.8 Å². The molecule has 1 aliphatic rings. The van der Waals surface area contributed by atoms with Gasteiger partial charge in [0.15, 0.2) is 0 Å². The molecule has 8 nitrogen and oxygen atoms in total. The fourth-order valence-electron chi connectivity index (χ4n) is 3.42. The molecule has 0 spiro atoms. The summed E-state index contributed by atoms with van der Waals surface area (Å²) >= 11 is 0. The van der Waals surface area contributed by atoms with Gasteiger partial charge in [0.1, 0.15) is 18.5 Å². The van der Waals surface area contributed by atoms with Gasteiger partial charge in [0.05, 0.1) is 19.5 Å². The second kappa shape index (κ2) is 8.56. The van der Waals surface area contributed by atoms with Crippen molar-refractivity contribution < 1.29 is 24.1 Å². The third-order valence-electron chi connectivity index (χ3n) is 4.81. The summed E-state index contributed by atoms with van der Waals surface area (Å²) in [6, 6.07) is 14.8. The fourth-order valence-corrected chi connectivity index (χ4v) is 3.42. The average molecular weight is 409 g/mol. The molecule has 2 heterocycles. The number of aryl methyl sites for hydroxylation is 1. The molecule has 30 heavy (non-hydrogen) atoms. The Bertz CT molecular complexity index is 990. The van der Waals surface area contributed by atoms with Gasteiger partial charge in [-0.15, -0.1) is 0 Å². The van der Waals surface area contributed by atoms with Gasteiger partial charge in [-0.05, 0) is 31.2 Å². The normalized spacial score (nSPS) is 20.8. The molecule has 1 amide bonds. The van der Waals surface area contributed by atoms with Crippen molar-refractivity contribution >= 4 is 11.8 Å². The number of anilines is 1. The van der Waals surface area contributed by atoms with Gasteiger partial charge in [-0.2, -0.15) is 0 Å². The fraction of sp³-hybridized carbons (Fsp3) is 0.273. The molecular formula is C22H23N3O5. The first kappa shape index (κ1) is 19.9. The van der Waals surface area contributed by atoms with Crippen molar-refractivity contribution in [3.05, 3.63) is 78.4 Å². The first-order valence-corrected chi connectivity index (χ1v) is 9.60. The Hall–Kier alpha value is -3.36. The number of hydrogen-bond donors (Lipinski definition) is 2. The highest BCUT2D eigenvalue weighted by Gasteiger charge is 2.44. The number of rotatable bonds is 7. The number of amides is 1. The van der Waals surface area contributed by atoms with E-state index in [1.165, 1.54) is 0 Å². The van der Waals surface area contributed by atoms with Crippen molar-refractivity contribution in [2.75, 3.05) is 18.5 Å². The Labute approximate surface area is 174 Å². The van der Waals surface area contributed by atoms with Crippen LogP contribution in [-0.2, 0) is 21.8 Å². The van der Waals surface area contributed by atoms with E-state index in [2.05, 4.69) is 16.4 Å². The van der Waals surface area contributed by atoms with Crippen LogP contribution in [0, 0.1) is 6.92 Å². The second-order valence-corrected chi connectivity index (χ2v) is 7.17. The lowest BCUT2D eigenvalue weighted by molar-refractivity contribution is -0.189. The van der Waals surface area contributed by atoms with Crippen LogP contribution in [-0.4, -0.2) is 40.1 Å². The van der Waals surface area contributed by atoms with Crippen molar-refractivity contribution in [1.29, 1.82) is 0 Å². The summed E-state index contributed by atoms with van der Waals surface area (Å²) in [5.74, 6) is -0.298. The molecule has 2 unspecified atom stereocenters. The van der Waals surface area contributed by atoms with Crippen molar-refractivity contribution in [1.82, 2.24) is 9.55 Å². The van der Waals surface area contributed by atoms with E-state index < -0.39 is 11.9 Å². The van der Waals surface area contributed by atoms with Gasteiger partial charge in [-0.25, -0.2) is 9.78 Å². The van der Waals surface area contributed by atoms with E-state index in [-0.39, 0.29) is 6.10 Å². The van der Waals surface area contributed by atoms with Gasteiger partial charge < -0.3 is 23.9 Å². The standard InChI is InChI=1S/C22H23N3O5/c1-16-3-2-4-17(11-16)22(14-25-10-9-23-15-25)29-13-20(30-22)12-28-19-7-5-18(6-8-19)24-21(26)27/h2-11,15,20,24H,12-14H2,1H3,(H,26,27). The monoisotopic (exact) mass is 409 g/mol. The van der Waals surface area contributed by atoms with Crippen LogP contribution in [0.2, 0.25) is 0 Å². The van der Waals surface area contributed by atoms with E-state index in [9.17, 15) is 4.79 Å². The molecule has 0 bridgehead atoms. The topological polar surface area (TPSA) is 94.8 Å². The molecule has 0 saturated carbocycles. The maximum atomic E-state index is 10.7. The molecule has 1 fully saturated rings. The van der Waals surface area contributed by atoms with E-state index in [0.29, 0.717) is 31.2 Å². The summed E-state index contributed by atoms with van der Waals surface area (Å²) in [6.07, 6.45) is 3.97. The highest BCUT2D eigenvalue weighted by Crippen LogP contribution is 2.36. The van der Waals surface area contributed by atoms with Crippen LogP contribution < -0.4 is 10.1 Å². The number of ether oxygens (including phenoxy) is 3. The smallest absolute Gasteiger partial charge is 0.409 e. The van der Waals surface area contributed by atoms with Gasteiger partial charge >= 0.3 is 6.09 Å². The lowest BCUT2D eigenvalue weighted by atomic mass is 10.0. The zero-order valence-corrected chi connectivity index (χ0v) is 16.5. The number of nitrogens with one attached hydrogen (secondary N) is 1. The van der Waals surface area contributed by atoms with Gasteiger partial charge in [-0.1, -0.05) is 29.8 Å². The molecule has 2 N–H and O–H groups in total. The Balaban J connectivity index is 1.44. The van der Waals surface area contributed by atoms with Crippen LogP contribution in [0.4, 0.5) is 10.5 Å². The van der Waals surface area contributed by atoms with E-state index in [4.69, 9.17) is 19.3 Å². The predicted octanol–water partition coefficient (Wildman–Crippen LogP) is 3.63. The molecule has 8 heteroatoms. The number of aromatic nitrogens is 2. The molecule has 1 saturated heterocycles. The van der Waals surface area contributed by atoms with Crippen LogP contribution in [0.1, 0.15) is 11.1 Å². The maximum absolute atomic E-state index is 10.7. The molecular weight excluding hydrogens is 386 g/mol. The minimum Gasteiger partial charge on any atom is -0.491 e. The summed E-state index contributed by atoms with van der Waals surface area (Å²) in [5.41, 5.74) is 2.55. The second-order valence-electron chi connectivity index (χ2n) is 7.17. The quantitative estimate of drug-likeness (QED) is 0.619. The molecule has 2 aromatic carbocycles. The number of imidazole rings is 1. The zero-order valence-electron chi connectivity index (χ0n) is 16.5. The van der Waals surface area contributed by atoms with Gasteiger partial charge in [0, 0.05) is 23.6 Å². The summed E-state index contributed by atoms with van der Waals surface area (Å²) in [4.78, 5) is 14.8. The van der Waals surface area contributed by atoms with Gasteiger partial charge in [-0.3, -0.25) is 5.32 Å². The highest BCUT2D eigenvalue weighted by molar-refractivity contribution is 5.82. The minimum atomic E-state index is -1.11. The van der Waals surface area contributed by atoms with E-state index in [1.807, 2.05) is 35.9 Å². The van der Waals surface area contributed by atoms with Crippen LogP contribution in [0.5, 0.6) is 5.75 Å². The Morgan fingerprint density at radius 1 is 1.33 bits per heavy atom. The summed E-state index contributed by atoms with van der Waals surface area (Å²) < 4.78 is 20.3. The van der Waals surface area contributed by atoms with Crippen molar-refractivity contribution in [2.24, 2.45) is 0 Å². The molecule has 4 rings (SSSR count). The summed E-state index contributed by atoms with van der Waals surface area (Å²) in [7, 11) is 0. The number of carboxylic acid groups (broad SMARTS) is 1. The van der Waals surface area contributed by atoms with Crippen LogP contribution in [0.15, 0.2) is 67.3 Å². The molecule has 0 radical (unpaired) electrons. The average Bonchev–Trinajstić information content (AvgIpc) is 3.38. The number of nitrogens with zero attached hydrogens (tertiary/aromatic N) is 2. The largest absolute Gasteiger partial charge is 0.491 e. The Morgan fingerprint density at radius 3 is 2.87 bits per heavy atom. The summed E-state index contributed by atoms with van der Waals surface area (Å²) in [6.45, 7) is 3.21. The molecule has 1 aliphatic heterocycles. The molecule has 1 aromatic heterocycles. The number of benzene rings is 2. The minimum absolute atomic E-state index is 0.258. The van der Waals surface area contributed by atoms with Crippen molar-refractivity contribution in [2.45, 2.75) is 25.4 Å². The van der Waals surface area contributed by atoms with Crippen molar-refractivity contribution in [3.63, 3.8) is 0 Å². The summed E-state index contributed by atoms with van der Waals surface area (Å²) in [5, 5.41) is 11.0. The zero-order chi connectivity index (χ0) is 21.0. The molecule has 156 valence electrons. The highest BCUT2D eigenvalue weighted by atomic mass is 16.8. The van der Waals surface area contributed by atoms with E-state index in [0.717, 1.165) is 11.1 Å².